The number of hydrogen-bond donors (Lipinski definition) is 1. The Morgan fingerprint density at radius 2 is 1.62 bits per heavy atom. The molecular weight excluding hydrogens is 416 g/mol. The van der Waals surface area contributed by atoms with Crippen molar-refractivity contribution >= 4 is 11.8 Å². The fourth-order valence-corrected chi connectivity index (χ4v) is 3.18. The average molecular weight is 442 g/mol. The second-order valence-electron chi connectivity index (χ2n) is 6.66. The molecule has 1 heterocycles. The molecule has 32 heavy (non-hydrogen) atoms. The number of aromatic nitrogens is 1. The van der Waals surface area contributed by atoms with Crippen LogP contribution in [0.1, 0.15) is 13.3 Å². The maximum absolute atomic E-state index is 12.1. The van der Waals surface area contributed by atoms with Crippen LogP contribution in [-0.2, 0) is 4.74 Å². The SMILES string of the molecule is CCCOC(=O)Nc1cc(-c2cnoc2-c2cc(OC)c(OC)c(OC)c2)ccc1OC. The Balaban J connectivity index is 2.03. The molecule has 170 valence electrons. The topological polar surface area (TPSA) is 101 Å². The van der Waals surface area contributed by atoms with Crippen LogP contribution in [0.3, 0.4) is 0 Å². The lowest BCUT2D eigenvalue weighted by molar-refractivity contribution is 0.161. The molecule has 0 saturated heterocycles. The number of amides is 1. The molecule has 0 radical (unpaired) electrons. The molecular formula is C23H26N2O7. The second-order valence-corrected chi connectivity index (χ2v) is 6.66. The van der Waals surface area contributed by atoms with Gasteiger partial charge in [-0.1, -0.05) is 18.1 Å². The van der Waals surface area contributed by atoms with Crippen molar-refractivity contribution in [3.63, 3.8) is 0 Å². The van der Waals surface area contributed by atoms with Crippen LogP contribution in [0.2, 0.25) is 0 Å². The number of ether oxygens (including phenoxy) is 5. The number of carbonyl (C=O) groups excluding carboxylic acids is 1. The largest absolute Gasteiger partial charge is 0.495 e. The van der Waals surface area contributed by atoms with Crippen molar-refractivity contribution in [2.24, 2.45) is 0 Å². The van der Waals surface area contributed by atoms with Crippen LogP contribution in [0.5, 0.6) is 23.0 Å². The van der Waals surface area contributed by atoms with E-state index in [0.717, 1.165) is 12.0 Å². The number of rotatable bonds is 9. The van der Waals surface area contributed by atoms with E-state index in [4.69, 9.17) is 28.2 Å². The highest BCUT2D eigenvalue weighted by molar-refractivity contribution is 5.90. The molecule has 2 aromatic carbocycles. The summed E-state index contributed by atoms with van der Waals surface area (Å²) < 4.78 is 32.3. The highest BCUT2D eigenvalue weighted by Crippen LogP contribution is 2.44. The normalized spacial score (nSPS) is 10.4. The van der Waals surface area contributed by atoms with Crippen molar-refractivity contribution in [3.05, 3.63) is 36.5 Å². The predicted octanol–water partition coefficient (Wildman–Crippen LogP) is 5.00. The molecule has 0 aliphatic carbocycles. The molecule has 3 rings (SSSR count). The van der Waals surface area contributed by atoms with Crippen LogP contribution in [0.15, 0.2) is 41.1 Å². The first-order chi connectivity index (χ1) is 15.6. The summed E-state index contributed by atoms with van der Waals surface area (Å²) in [5.74, 6) is 2.43. The molecule has 0 atom stereocenters. The van der Waals surface area contributed by atoms with Crippen molar-refractivity contribution in [2.45, 2.75) is 13.3 Å². The van der Waals surface area contributed by atoms with Gasteiger partial charge in [-0.15, -0.1) is 0 Å². The lowest BCUT2D eigenvalue weighted by Crippen LogP contribution is -2.14. The Morgan fingerprint density at radius 3 is 2.22 bits per heavy atom. The zero-order valence-electron chi connectivity index (χ0n) is 18.7. The summed E-state index contributed by atoms with van der Waals surface area (Å²) in [5.41, 5.74) is 2.59. The number of carbonyl (C=O) groups is 1. The fourth-order valence-electron chi connectivity index (χ4n) is 3.18. The molecule has 9 heteroatoms. The van der Waals surface area contributed by atoms with Crippen LogP contribution in [0.4, 0.5) is 10.5 Å². The Hall–Kier alpha value is -3.88. The third-order valence-corrected chi connectivity index (χ3v) is 4.68. The average Bonchev–Trinajstić information content (AvgIpc) is 3.31. The number of benzene rings is 2. The molecule has 3 aromatic rings. The molecule has 0 spiro atoms. The smallest absolute Gasteiger partial charge is 0.411 e. The van der Waals surface area contributed by atoms with Gasteiger partial charge in [0.05, 0.1) is 46.9 Å². The van der Waals surface area contributed by atoms with Crippen LogP contribution < -0.4 is 24.3 Å². The van der Waals surface area contributed by atoms with Gasteiger partial charge >= 0.3 is 6.09 Å². The van der Waals surface area contributed by atoms with E-state index in [1.165, 1.54) is 14.2 Å². The highest BCUT2D eigenvalue weighted by Gasteiger charge is 2.20. The van der Waals surface area contributed by atoms with Crippen LogP contribution in [-0.4, -0.2) is 46.3 Å². The Morgan fingerprint density at radius 1 is 0.938 bits per heavy atom. The van der Waals surface area contributed by atoms with Gasteiger partial charge in [0, 0.05) is 11.1 Å². The molecule has 1 aromatic heterocycles. The molecule has 1 N–H and O–H groups in total. The van der Waals surface area contributed by atoms with Gasteiger partial charge < -0.3 is 28.2 Å². The minimum Gasteiger partial charge on any atom is -0.495 e. The van der Waals surface area contributed by atoms with Gasteiger partial charge in [-0.3, -0.25) is 5.32 Å². The van der Waals surface area contributed by atoms with Gasteiger partial charge in [-0.05, 0) is 36.2 Å². The first-order valence-corrected chi connectivity index (χ1v) is 9.93. The second kappa shape index (κ2) is 10.4. The predicted molar refractivity (Wildman–Crippen MR) is 119 cm³/mol. The molecule has 0 saturated carbocycles. The van der Waals surface area contributed by atoms with E-state index in [-0.39, 0.29) is 0 Å². The van der Waals surface area contributed by atoms with Crippen molar-refractivity contribution in [1.82, 2.24) is 5.16 Å². The lowest BCUT2D eigenvalue weighted by atomic mass is 10.0. The van der Waals surface area contributed by atoms with Crippen molar-refractivity contribution in [1.29, 1.82) is 0 Å². The molecule has 0 aliphatic heterocycles. The van der Waals surface area contributed by atoms with E-state index in [2.05, 4.69) is 10.5 Å². The summed E-state index contributed by atoms with van der Waals surface area (Å²) in [5, 5.41) is 6.69. The van der Waals surface area contributed by atoms with E-state index >= 15 is 0 Å². The Bertz CT molecular complexity index is 1050. The van der Waals surface area contributed by atoms with Gasteiger partial charge in [0.15, 0.2) is 17.3 Å². The summed E-state index contributed by atoms with van der Waals surface area (Å²) >= 11 is 0. The van der Waals surface area contributed by atoms with E-state index in [1.54, 1.807) is 44.7 Å². The zero-order chi connectivity index (χ0) is 23.1. The van der Waals surface area contributed by atoms with E-state index in [9.17, 15) is 4.79 Å². The summed E-state index contributed by atoms with van der Waals surface area (Å²) in [6.45, 7) is 2.25. The fraction of sp³-hybridized carbons (Fsp3) is 0.304. The quantitative estimate of drug-likeness (QED) is 0.494. The lowest BCUT2D eigenvalue weighted by Gasteiger charge is -2.14. The van der Waals surface area contributed by atoms with Gasteiger partial charge in [0.2, 0.25) is 5.75 Å². The van der Waals surface area contributed by atoms with E-state index < -0.39 is 6.09 Å². The number of anilines is 1. The Labute approximate surface area is 186 Å². The molecule has 0 fully saturated rings. The molecule has 0 unspecified atom stereocenters. The van der Waals surface area contributed by atoms with Crippen LogP contribution >= 0.6 is 0 Å². The summed E-state index contributed by atoms with van der Waals surface area (Å²) in [6, 6.07) is 8.90. The third kappa shape index (κ3) is 4.72. The third-order valence-electron chi connectivity index (χ3n) is 4.68. The van der Waals surface area contributed by atoms with Crippen molar-refractivity contribution < 1.29 is 33.0 Å². The summed E-state index contributed by atoms with van der Waals surface area (Å²) in [7, 11) is 6.15. The van der Waals surface area contributed by atoms with Crippen LogP contribution in [0, 0.1) is 0 Å². The standard InChI is InChI=1S/C23H26N2O7/c1-6-9-31-23(26)25-17-10-14(7-8-18(17)27-2)16-13-24-32-21(16)15-11-19(28-3)22(30-5)20(12-15)29-4/h7-8,10-13H,6,9H2,1-5H3,(H,25,26). The van der Waals surface area contributed by atoms with Gasteiger partial charge in [-0.25, -0.2) is 4.79 Å². The van der Waals surface area contributed by atoms with Crippen LogP contribution in [0.25, 0.3) is 22.5 Å². The van der Waals surface area contributed by atoms with Crippen molar-refractivity contribution in [2.75, 3.05) is 40.4 Å². The summed E-state index contributed by atoms with van der Waals surface area (Å²) in [4.78, 5) is 12.1. The number of nitrogens with one attached hydrogen (secondary N) is 1. The van der Waals surface area contributed by atoms with Crippen molar-refractivity contribution in [3.8, 4) is 45.4 Å². The first-order valence-electron chi connectivity index (χ1n) is 9.93. The van der Waals surface area contributed by atoms with Gasteiger partial charge in [0.1, 0.15) is 5.75 Å². The van der Waals surface area contributed by atoms with E-state index in [1.807, 2.05) is 13.0 Å². The molecule has 1 amide bonds. The monoisotopic (exact) mass is 442 g/mol. The van der Waals surface area contributed by atoms with E-state index in [0.29, 0.717) is 52.2 Å². The molecule has 9 nitrogen and oxygen atoms in total. The maximum atomic E-state index is 12.1. The Kier molecular flexibility index (Phi) is 7.43. The molecule has 0 bridgehead atoms. The minimum absolute atomic E-state index is 0.324. The maximum Gasteiger partial charge on any atom is 0.411 e. The first kappa shape index (κ1) is 22.8. The number of methoxy groups -OCH3 is 4. The minimum atomic E-state index is -0.558. The molecule has 0 aliphatic rings. The zero-order valence-corrected chi connectivity index (χ0v) is 18.7. The number of nitrogens with zero attached hydrogens (tertiary/aromatic N) is 1. The number of hydrogen-bond acceptors (Lipinski definition) is 8. The van der Waals surface area contributed by atoms with Gasteiger partial charge in [-0.2, -0.15) is 0 Å². The summed E-state index contributed by atoms with van der Waals surface area (Å²) in [6.07, 6.45) is 1.76. The highest BCUT2D eigenvalue weighted by atomic mass is 16.5. The van der Waals surface area contributed by atoms with Gasteiger partial charge in [0.25, 0.3) is 0 Å².